The molecule has 0 radical (unpaired) electrons. The van der Waals surface area contributed by atoms with Crippen LogP contribution in [-0.4, -0.2) is 58.5 Å². The van der Waals surface area contributed by atoms with Crippen LogP contribution in [0.1, 0.15) is 144 Å². The summed E-state index contributed by atoms with van der Waals surface area (Å²) in [5, 5.41) is 11.3. The molecule has 0 amide bonds. The van der Waals surface area contributed by atoms with Gasteiger partial charge in [-0.25, -0.2) is 4.79 Å². The molecule has 0 aromatic carbocycles. The van der Waals surface area contributed by atoms with Gasteiger partial charge in [0.25, 0.3) is 0 Å². The zero-order chi connectivity index (χ0) is 35.2. The van der Waals surface area contributed by atoms with Gasteiger partial charge in [-0.2, -0.15) is 0 Å². The summed E-state index contributed by atoms with van der Waals surface area (Å²) >= 11 is 0. The van der Waals surface area contributed by atoms with E-state index in [0.717, 1.165) is 51.4 Å². The van der Waals surface area contributed by atoms with E-state index in [9.17, 15) is 24.3 Å². The van der Waals surface area contributed by atoms with Crippen LogP contribution in [-0.2, 0) is 38.1 Å². The molecule has 8 saturated carbocycles. The summed E-state index contributed by atoms with van der Waals surface area (Å²) in [5.74, 6) is 1.000. The molecular weight excluding hydrogens is 624 g/mol. The van der Waals surface area contributed by atoms with Crippen LogP contribution in [0.2, 0.25) is 0 Å². The number of hydrogen-bond donors (Lipinski definition) is 1. The SMILES string of the molecule is CCC1C2CC3CC(C2)CC1(OC(=O)C(C)(CC)CC(C)(CC(C)(C)C(=O)OC12CC4CC(CC(O)(C4)C1)C2)C(=O)OC1CCOC1=O)C3. The van der Waals surface area contributed by atoms with Gasteiger partial charge in [-0.1, -0.05) is 13.8 Å². The van der Waals surface area contributed by atoms with Gasteiger partial charge >= 0.3 is 23.9 Å². The molecule has 1 aliphatic heterocycles. The molecule has 1 heterocycles. The van der Waals surface area contributed by atoms with E-state index in [-0.39, 0.29) is 31.8 Å². The van der Waals surface area contributed by atoms with Gasteiger partial charge in [0.05, 0.1) is 28.5 Å². The van der Waals surface area contributed by atoms with Gasteiger partial charge in [-0.05, 0) is 147 Å². The summed E-state index contributed by atoms with van der Waals surface area (Å²) in [6.07, 6.45) is 11.0. The van der Waals surface area contributed by atoms with Gasteiger partial charge in [0.15, 0.2) is 0 Å². The van der Waals surface area contributed by atoms with Gasteiger partial charge in [-0.15, -0.1) is 0 Å². The molecule has 8 aliphatic carbocycles. The van der Waals surface area contributed by atoms with Gasteiger partial charge < -0.3 is 24.1 Å². The Bertz CT molecular complexity index is 1340. The van der Waals surface area contributed by atoms with E-state index < -0.39 is 57.1 Å². The van der Waals surface area contributed by atoms with Crippen molar-refractivity contribution in [3.63, 3.8) is 0 Å². The summed E-state index contributed by atoms with van der Waals surface area (Å²) in [4.78, 5) is 55.4. The molecule has 49 heavy (non-hydrogen) atoms. The molecule has 9 aliphatic rings. The van der Waals surface area contributed by atoms with Crippen LogP contribution in [0.4, 0.5) is 0 Å². The van der Waals surface area contributed by atoms with Crippen LogP contribution in [0.3, 0.4) is 0 Å². The Morgan fingerprint density at radius 3 is 1.98 bits per heavy atom. The Morgan fingerprint density at radius 1 is 0.796 bits per heavy atom. The van der Waals surface area contributed by atoms with Crippen molar-refractivity contribution >= 4 is 23.9 Å². The van der Waals surface area contributed by atoms with Crippen LogP contribution in [0, 0.1) is 51.8 Å². The molecule has 0 spiro atoms. The average molecular weight is 685 g/mol. The lowest BCUT2D eigenvalue weighted by atomic mass is 9.49. The first-order chi connectivity index (χ1) is 22.9. The van der Waals surface area contributed by atoms with E-state index in [1.807, 2.05) is 13.8 Å². The predicted octanol–water partition coefficient (Wildman–Crippen LogP) is 6.85. The first-order valence-corrected chi connectivity index (χ1v) is 19.5. The smallest absolute Gasteiger partial charge is 0.347 e. The highest BCUT2D eigenvalue weighted by molar-refractivity contribution is 5.85. The highest BCUT2D eigenvalue weighted by Crippen LogP contribution is 2.62. The minimum atomic E-state index is -1.32. The van der Waals surface area contributed by atoms with E-state index in [4.69, 9.17) is 18.9 Å². The van der Waals surface area contributed by atoms with Crippen molar-refractivity contribution in [2.75, 3.05) is 6.61 Å². The summed E-state index contributed by atoms with van der Waals surface area (Å²) in [6, 6.07) is 0. The normalized spacial score (nSPS) is 42.7. The molecule has 8 unspecified atom stereocenters. The third-order valence-electron chi connectivity index (χ3n) is 14.5. The Hall–Kier alpha value is -2.16. The maximum absolute atomic E-state index is 14.5. The van der Waals surface area contributed by atoms with Gasteiger partial charge in [0.1, 0.15) is 11.2 Å². The Morgan fingerprint density at radius 2 is 1.43 bits per heavy atom. The topological polar surface area (TPSA) is 125 Å². The van der Waals surface area contributed by atoms with Crippen LogP contribution in [0.15, 0.2) is 0 Å². The fourth-order valence-electron chi connectivity index (χ4n) is 13.1. The average Bonchev–Trinajstić information content (AvgIpc) is 3.38. The number of aliphatic hydroxyl groups is 1. The highest BCUT2D eigenvalue weighted by atomic mass is 16.6. The van der Waals surface area contributed by atoms with Crippen LogP contribution < -0.4 is 0 Å². The van der Waals surface area contributed by atoms with Crippen molar-refractivity contribution < 1.29 is 43.2 Å². The van der Waals surface area contributed by atoms with E-state index in [1.54, 1.807) is 20.8 Å². The third kappa shape index (κ3) is 6.24. The zero-order valence-electron chi connectivity index (χ0n) is 30.8. The first-order valence-electron chi connectivity index (χ1n) is 19.5. The lowest BCUT2D eigenvalue weighted by molar-refractivity contribution is -0.226. The fourth-order valence-corrected chi connectivity index (χ4v) is 13.1. The summed E-state index contributed by atoms with van der Waals surface area (Å²) in [6.45, 7) is 11.6. The van der Waals surface area contributed by atoms with Crippen molar-refractivity contribution in [2.24, 2.45) is 51.8 Å². The minimum Gasteiger partial charge on any atom is -0.463 e. The maximum atomic E-state index is 14.5. The molecule has 8 bridgehead atoms. The van der Waals surface area contributed by atoms with Crippen LogP contribution in [0.25, 0.3) is 0 Å². The number of hydrogen-bond acceptors (Lipinski definition) is 9. The maximum Gasteiger partial charge on any atom is 0.347 e. The third-order valence-corrected chi connectivity index (χ3v) is 14.5. The molecule has 0 aromatic rings. The number of carbonyl (C=O) groups is 4. The monoisotopic (exact) mass is 684 g/mol. The summed E-state index contributed by atoms with van der Waals surface area (Å²) in [7, 11) is 0. The van der Waals surface area contributed by atoms with Crippen molar-refractivity contribution in [1.82, 2.24) is 0 Å². The molecule has 9 fully saturated rings. The quantitative estimate of drug-likeness (QED) is 0.174. The van der Waals surface area contributed by atoms with Crippen molar-refractivity contribution in [3.05, 3.63) is 0 Å². The molecule has 8 atom stereocenters. The van der Waals surface area contributed by atoms with Gasteiger partial charge in [0, 0.05) is 18.8 Å². The predicted molar refractivity (Wildman–Crippen MR) is 180 cm³/mol. The second kappa shape index (κ2) is 11.9. The Labute approximate surface area is 292 Å². The van der Waals surface area contributed by atoms with Gasteiger partial charge in [0.2, 0.25) is 6.10 Å². The number of rotatable bonds is 12. The summed E-state index contributed by atoms with van der Waals surface area (Å²) < 4.78 is 24.1. The van der Waals surface area contributed by atoms with E-state index in [1.165, 1.54) is 19.3 Å². The molecule has 0 aromatic heterocycles. The highest BCUT2D eigenvalue weighted by Gasteiger charge is 2.62. The molecular formula is C40H60O9. The fraction of sp³-hybridized carbons (Fsp3) is 0.900. The molecule has 9 nitrogen and oxygen atoms in total. The van der Waals surface area contributed by atoms with Crippen molar-refractivity contribution in [1.29, 1.82) is 0 Å². The Kier molecular flexibility index (Phi) is 8.59. The Balaban J connectivity index is 1.13. The molecule has 1 N–H and O–H groups in total. The van der Waals surface area contributed by atoms with E-state index in [2.05, 4.69) is 6.92 Å². The number of esters is 4. The van der Waals surface area contributed by atoms with Gasteiger partial charge in [-0.3, -0.25) is 14.4 Å². The van der Waals surface area contributed by atoms with Crippen molar-refractivity contribution in [2.45, 2.75) is 167 Å². The number of cyclic esters (lactones) is 1. The zero-order valence-corrected chi connectivity index (χ0v) is 30.8. The number of ether oxygens (including phenoxy) is 4. The minimum absolute atomic E-state index is 0.0600. The number of carbonyl (C=O) groups excluding carboxylic acids is 4. The van der Waals surface area contributed by atoms with Crippen LogP contribution in [0.5, 0.6) is 0 Å². The lowest BCUT2D eigenvalue weighted by Crippen LogP contribution is -2.61. The van der Waals surface area contributed by atoms with E-state index >= 15 is 0 Å². The largest absolute Gasteiger partial charge is 0.463 e. The van der Waals surface area contributed by atoms with Crippen LogP contribution >= 0.6 is 0 Å². The molecule has 9 heteroatoms. The molecule has 1 saturated heterocycles. The van der Waals surface area contributed by atoms with Crippen molar-refractivity contribution in [3.8, 4) is 0 Å². The second-order valence-corrected chi connectivity index (χ2v) is 19.4. The first kappa shape index (κ1) is 35.3. The molecule has 274 valence electrons. The van der Waals surface area contributed by atoms with E-state index in [0.29, 0.717) is 48.3 Å². The summed E-state index contributed by atoms with van der Waals surface area (Å²) in [5.41, 5.74) is -5.39. The molecule has 9 rings (SSSR count). The lowest BCUT2D eigenvalue weighted by Gasteiger charge is -2.60. The second-order valence-electron chi connectivity index (χ2n) is 19.4. The standard InChI is InChI=1S/C40H60O9/c1-7-29-28-13-24-11-25(14-28)20-40(29,19-24)49-34(44)36(5,8-2)22-37(6,33(43)47-30-9-10-46-31(30)41)21-35(3,4)32(42)48-39-17-26-12-27(18-39)16-38(45,15-26)23-39/h24-30,45H,7-23H2,1-6H3.